The predicted molar refractivity (Wildman–Crippen MR) is 82.9 cm³/mol. The van der Waals surface area contributed by atoms with Crippen LogP contribution in [0.25, 0.3) is 0 Å². The lowest BCUT2D eigenvalue weighted by Crippen LogP contribution is -2.28. The molecule has 0 heterocycles. The van der Waals surface area contributed by atoms with Gasteiger partial charge in [-0.1, -0.05) is 19.9 Å². The fraction of sp³-hybridized carbons (Fsp3) is 0.562. The van der Waals surface area contributed by atoms with Gasteiger partial charge in [0.15, 0.2) is 0 Å². The van der Waals surface area contributed by atoms with Crippen LogP contribution in [0.5, 0.6) is 5.75 Å². The van der Waals surface area contributed by atoms with Gasteiger partial charge < -0.3 is 15.3 Å². The Morgan fingerprint density at radius 2 is 2.05 bits per heavy atom. The molecule has 1 aromatic carbocycles. The van der Waals surface area contributed by atoms with Crippen molar-refractivity contribution in [2.75, 3.05) is 25.0 Å². The molecule has 0 amide bonds. The monoisotopic (exact) mass is 275 g/mol. The van der Waals surface area contributed by atoms with Crippen LogP contribution in [0, 0.1) is 17.2 Å². The highest BCUT2D eigenvalue weighted by Crippen LogP contribution is 2.29. The molecule has 0 aliphatic heterocycles. The lowest BCUT2D eigenvalue weighted by atomic mass is 10.1. The SMILES string of the molecule is CNC(C)c1ccc(N(CCC#N)CC(C)C)cc1O. The normalized spacial score (nSPS) is 12.2. The van der Waals surface area contributed by atoms with Crippen molar-refractivity contribution in [3.05, 3.63) is 23.8 Å². The smallest absolute Gasteiger partial charge is 0.122 e. The zero-order valence-electron chi connectivity index (χ0n) is 12.8. The summed E-state index contributed by atoms with van der Waals surface area (Å²) in [5.41, 5.74) is 1.86. The molecule has 4 heteroatoms. The molecule has 4 nitrogen and oxygen atoms in total. The zero-order chi connectivity index (χ0) is 15.1. The van der Waals surface area contributed by atoms with E-state index in [1.165, 1.54) is 0 Å². The molecular formula is C16H25N3O. The number of phenols is 1. The van der Waals surface area contributed by atoms with Gasteiger partial charge in [0.25, 0.3) is 0 Å². The molecule has 0 radical (unpaired) electrons. The molecule has 2 N–H and O–H groups in total. The molecule has 0 fully saturated rings. The Balaban J connectivity index is 2.97. The number of hydrogen-bond donors (Lipinski definition) is 2. The van der Waals surface area contributed by atoms with Crippen molar-refractivity contribution < 1.29 is 5.11 Å². The molecule has 0 aliphatic carbocycles. The number of aromatic hydroxyl groups is 1. The van der Waals surface area contributed by atoms with Crippen LogP contribution in [0.3, 0.4) is 0 Å². The van der Waals surface area contributed by atoms with Gasteiger partial charge in [-0.2, -0.15) is 5.26 Å². The molecule has 0 bridgehead atoms. The molecule has 0 saturated heterocycles. The fourth-order valence-electron chi connectivity index (χ4n) is 2.20. The fourth-order valence-corrected chi connectivity index (χ4v) is 2.20. The Morgan fingerprint density at radius 3 is 2.55 bits per heavy atom. The lowest BCUT2D eigenvalue weighted by Gasteiger charge is -2.26. The number of phenolic OH excluding ortho intramolecular Hbond substituents is 1. The van der Waals surface area contributed by atoms with Gasteiger partial charge >= 0.3 is 0 Å². The largest absolute Gasteiger partial charge is 0.508 e. The van der Waals surface area contributed by atoms with Crippen molar-refractivity contribution in [2.45, 2.75) is 33.2 Å². The molecule has 1 aromatic rings. The van der Waals surface area contributed by atoms with Gasteiger partial charge in [-0.25, -0.2) is 0 Å². The summed E-state index contributed by atoms with van der Waals surface area (Å²) < 4.78 is 0. The maximum atomic E-state index is 10.2. The van der Waals surface area contributed by atoms with Crippen LogP contribution in [-0.4, -0.2) is 25.2 Å². The van der Waals surface area contributed by atoms with Gasteiger partial charge in [0.05, 0.1) is 12.5 Å². The highest BCUT2D eigenvalue weighted by atomic mass is 16.3. The summed E-state index contributed by atoms with van der Waals surface area (Å²) in [6.07, 6.45) is 0.488. The number of nitriles is 1. The van der Waals surface area contributed by atoms with E-state index in [0.717, 1.165) is 17.8 Å². The summed E-state index contributed by atoms with van der Waals surface area (Å²) in [4.78, 5) is 2.15. The van der Waals surface area contributed by atoms with E-state index in [9.17, 15) is 5.11 Å². The average molecular weight is 275 g/mol. The van der Waals surface area contributed by atoms with Crippen molar-refractivity contribution in [1.82, 2.24) is 5.32 Å². The highest BCUT2D eigenvalue weighted by molar-refractivity contribution is 5.54. The minimum Gasteiger partial charge on any atom is -0.508 e. The van der Waals surface area contributed by atoms with Crippen LogP contribution in [0.15, 0.2) is 18.2 Å². The molecule has 20 heavy (non-hydrogen) atoms. The topological polar surface area (TPSA) is 59.3 Å². The van der Waals surface area contributed by atoms with Gasteiger partial charge in [0.1, 0.15) is 5.75 Å². The summed E-state index contributed by atoms with van der Waals surface area (Å²) in [7, 11) is 1.87. The summed E-state index contributed by atoms with van der Waals surface area (Å²) in [6.45, 7) is 7.88. The van der Waals surface area contributed by atoms with Gasteiger partial charge in [-0.15, -0.1) is 0 Å². The quantitative estimate of drug-likeness (QED) is 0.803. The number of rotatable bonds is 7. The molecule has 0 spiro atoms. The summed E-state index contributed by atoms with van der Waals surface area (Å²) >= 11 is 0. The Bertz CT molecular complexity index is 465. The molecule has 110 valence electrons. The first-order valence-electron chi connectivity index (χ1n) is 7.11. The van der Waals surface area contributed by atoms with Crippen LogP contribution in [0.2, 0.25) is 0 Å². The van der Waals surface area contributed by atoms with E-state index in [0.29, 0.717) is 24.6 Å². The Labute approximate surface area is 122 Å². The second kappa shape index (κ2) is 7.76. The van der Waals surface area contributed by atoms with Crippen LogP contribution >= 0.6 is 0 Å². The van der Waals surface area contributed by atoms with E-state index in [-0.39, 0.29) is 6.04 Å². The second-order valence-corrected chi connectivity index (χ2v) is 5.50. The van der Waals surface area contributed by atoms with Crippen LogP contribution in [-0.2, 0) is 0 Å². The van der Waals surface area contributed by atoms with Crippen molar-refractivity contribution in [1.29, 1.82) is 5.26 Å². The first-order valence-corrected chi connectivity index (χ1v) is 7.11. The van der Waals surface area contributed by atoms with Gasteiger partial charge in [0, 0.05) is 36.4 Å². The minimum atomic E-state index is 0.113. The molecule has 0 aliphatic rings. The molecule has 0 aromatic heterocycles. The average Bonchev–Trinajstić information content (AvgIpc) is 2.42. The van der Waals surface area contributed by atoms with Gasteiger partial charge in [-0.05, 0) is 26.0 Å². The van der Waals surface area contributed by atoms with Gasteiger partial charge in [-0.3, -0.25) is 0 Å². The van der Waals surface area contributed by atoms with Crippen LogP contribution in [0.4, 0.5) is 5.69 Å². The summed E-state index contributed by atoms with van der Waals surface area (Å²) in [6, 6.07) is 8.05. The number of benzene rings is 1. The van der Waals surface area contributed by atoms with E-state index in [1.54, 1.807) is 6.07 Å². The number of nitrogens with zero attached hydrogens (tertiary/aromatic N) is 2. The van der Waals surface area contributed by atoms with E-state index in [2.05, 4.69) is 30.1 Å². The molecule has 1 rings (SSSR count). The van der Waals surface area contributed by atoms with E-state index >= 15 is 0 Å². The standard InChI is InChI=1S/C16H25N3O/c1-12(2)11-19(9-5-8-17)14-6-7-15(13(3)18-4)16(20)10-14/h6-7,10,12-13,18,20H,5,9,11H2,1-4H3. The zero-order valence-corrected chi connectivity index (χ0v) is 12.8. The minimum absolute atomic E-state index is 0.113. The molecular weight excluding hydrogens is 250 g/mol. The van der Waals surface area contributed by atoms with Crippen molar-refractivity contribution in [2.24, 2.45) is 5.92 Å². The number of hydrogen-bond acceptors (Lipinski definition) is 4. The van der Waals surface area contributed by atoms with Crippen molar-refractivity contribution in [3.8, 4) is 11.8 Å². The summed E-state index contributed by atoms with van der Waals surface area (Å²) in [5, 5.41) is 22.1. The third-order valence-corrected chi connectivity index (χ3v) is 3.36. The number of anilines is 1. The first-order chi connectivity index (χ1) is 9.49. The second-order valence-electron chi connectivity index (χ2n) is 5.50. The third kappa shape index (κ3) is 4.43. The van der Waals surface area contributed by atoms with E-state index in [4.69, 9.17) is 5.26 Å². The summed E-state index contributed by atoms with van der Waals surface area (Å²) in [5.74, 6) is 0.807. The molecule has 1 atom stereocenters. The maximum Gasteiger partial charge on any atom is 0.122 e. The molecule has 0 saturated carbocycles. The number of nitrogens with one attached hydrogen (secondary N) is 1. The highest BCUT2D eigenvalue weighted by Gasteiger charge is 2.13. The predicted octanol–water partition coefficient (Wildman–Crippen LogP) is 3.05. The van der Waals surface area contributed by atoms with Crippen LogP contribution in [0.1, 0.15) is 38.8 Å². The Kier molecular flexibility index (Phi) is 6.33. The van der Waals surface area contributed by atoms with Crippen molar-refractivity contribution >= 4 is 5.69 Å². The Morgan fingerprint density at radius 1 is 1.35 bits per heavy atom. The van der Waals surface area contributed by atoms with Crippen molar-refractivity contribution in [3.63, 3.8) is 0 Å². The van der Waals surface area contributed by atoms with E-state index in [1.807, 2.05) is 26.1 Å². The first kappa shape index (κ1) is 16.3. The molecule has 1 unspecified atom stereocenters. The third-order valence-electron chi connectivity index (χ3n) is 3.36. The van der Waals surface area contributed by atoms with E-state index < -0.39 is 0 Å². The lowest BCUT2D eigenvalue weighted by molar-refractivity contribution is 0.457. The maximum absolute atomic E-state index is 10.2. The van der Waals surface area contributed by atoms with Crippen LogP contribution < -0.4 is 10.2 Å². The van der Waals surface area contributed by atoms with Gasteiger partial charge in [0.2, 0.25) is 0 Å². The Hall–Kier alpha value is -1.73.